The van der Waals surface area contributed by atoms with Crippen LogP contribution >= 0.6 is 15.9 Å². The van der Waals surface area contributed by atoms with E-state index in [1.54, 1.807) is 11.0 Å². The molecule has 2 unspecified atom stereocenters. The molecule has 0 aliphatic carbocycles. The maximum absolute atomic E-state index is 11.8. The highest BCUT2D eigenvalue weighted by atomic mass is 79.9. The Balaban J connectivity index is 0.986. The predicted octanol–water partition coefficient (Wildman–Crippen LogP) is 5.67. The Morgan fingerprint density at radius 1 is 0.978 bits per heavy atom. The average Bonchev–Trinajstić information content (AvgIpc) is 3.74. The number of hydrogen-bond acceptors (Lipinski definition) is 9. The third-order valence-corrected chi connectivity index (χ3v) is 8.34. The Labute approximate surface area is 271 Å². The molecule has 2 atom stereocenters. The van der Waals surface area contributed by atoms with Crippen molar-refractivity contribution < 1.29 is 23.7 Å². The van der Waals surface area contributed by atoms with Crippen molar-refractivity contribution in [1.29, 1.82) is 0 Å². The molecule has 1 amide bonds. The van der Waals surface area contributed by atoms with Crippen molar-refractivity contribution in [2.45, 2.75) is 31.8 Å². The van der Waals surface area contributed by atoms with Gasteiger partial charge in [0.1, 0.15) is 37.7 Å². The van der Waals surface area contributed by atoms with Gasteiger partial charge in [-0.15, -0.1) is 0 Å². The zero-order chi connectivity index (χ0) is 31.1. The number of carbonyl (C=O) groups is 1. The highest BCUT2D eigenvalue weighted by Gasteiger charge is 2.44. The first-order chi connectivity index (χ1) is 22.0. The van der Waals surface area contributed by atoms with Gasteiger partial charge in [-0.2, -0.15) is 5.10 Å². The molecule has 6 rings (SSSR count). The molecule has 11 nitrogen and oxygen atoms in total. The molecule has 0 spiro atoms. The standard InChI is InChI=1S/C33H37BrN6O5/c1-2-19-42-32(41)37-27-7-9-28(10-8-27)38-15-17-39(18-16-38)29-11-13-30(14-12-29)43-20-31-21-44-33(45-31,22-40-24-35-23-36-40)25-3-5-26(34)6-4-25/h3-14,23-24,31H,2,15-22H2,1H3,(H,37,41). The Hall–Kier alpha value is -4.13. The molecule has 1 aromatic heterocycles. The van der Waals surface area contributed by atoms with E-state index in [4.69, 9.17) is 18.9 Å². The summed E-state index contributed by atoms with van der Waals surface area (Å²) in [7, 11) is 0. The van der Waals surface area contributed by atoms with Crippen molar-refractivity contribution in [2.24, 2.45) is 0 Å². The van der Waals surface area contributed by atoms with Gasteiger partial charge in [0.25, 0.3) is 0 Å². The van der Waals surface area contributed by atoms with Gasteiger partial charge in [-0.05, 0) is 67.1 Å². The Kier molecular flexibility index (Phi) is 9.82. The number of amides is 1. The van der Waals surface area contributed by atoms with E-state index in [9.17, 15) is 4.79 Å². The van der Waals surface area contributed by atoms with E-state index < -0.39 is 11.9 Å². The number of aromatic nitrogens is 3. The molecule has 2 fully saturated rings. The molecule has 1 N–H and O–H groups in total. The number of anilines is 3. The normalized spacial score (nSPS) is 19.8. The fourth-order valence-corrected chi connectivity index (χ4v) is 5.74. The molecule has 3 heterocycles. The van der Waals surface area contributed by atoms with Crippen LogP contribution in [0.15, 0.2) is 89.9 Å². The van der Waals surface area contributed by atoms with Gasteiger partial charge in [0, 0.05) is 53.3 Å². The van der Waals surface area contributed by atoms with Gasteiger partial charge < -0.3 is 28.7 Å². The summed E-state index contributed by atoms with van der Waals surface area (Å²) >= 11 is 3.50. The first kappa shape index (κ1) is 30.9. The average molecular weight is 678 g/mol. The van der Waals surface area contributed by atoms with Crippen molar-refractivity contribution in [1.82, 2.24) is 14.8 Å². The van der Waals surface area contributed by atoms with Crippen molar-refractivity contribution in [3.05, 3.63) is 95.5 Å². The number of halogens is 1. The number of nitrogens with zero attached hydrogens (tertiary/aromatic N) is 5. The maximum atomic E-state index is 11.8. The van der Waals surface area contributed by atoms with Gasteiger partial charge in [-0.3, -0.25) is 5.32 Å². The van der Waals surface area contributed by atoms with Crippen LogP contribution in [0.4, 0.5) is 21.9 Å². The second-order valence-electron chi connectivity index (χ2n) is 11.0. The van der Waals surface area contributed by atoms with Crippen LogP contribution in [-0.2, 0) is 26.5 Å². The summed E-state index contributed by atoms with van der Waals surface area (Å²) in [6.45, 7) is 7.13. The maximum Gasteiger partial charge on any atom is 0.411 e. The van der Waals surface area contributed by atoms with Crippen molar-refractivity contribution >= 4 is 39.1 Å². The first-order valence-electron chi connectivity index (χ1n) is 15.2. The zero-order valence-electron chi connectivity index (χ0n) is 25.2. The smallest absolute Gasteiger partial charge is 0.411 e. The lowest BCUT2D eigenvalue weighted by Gasteiger charge is -2.37. The Bertz CT molecular complexity index is 1510. The summed E-state index contributed by atoms with van der Waals surface area (Å²) < 4.78 is 26.7. The van der Waals surface area contributed by atoms with Crippen molar-refractivity contribution in [3.63, 3.8) is 0 Å². The van der Waals surface area contributed by atoms with Crippen LogP contribution in [-0.4, -0.2) is 73.0 Å². The molecular weight excluding hydrogens is 640 g/mol. The topological polar surface area (TPSA) is 103 Å². The molecule has 4 aromatic rings. The first-order valence-corrected chi connectivity index (χ1v) is 16.0. The SMILES string of the molecule is CCCOC(=O)Nc1ccc(N2CCN(c3ccc(OCC4COC(Cn5cncn5)(c5ccc(Br)cc5)O4)cc3)CC2)cc1. The largest absolute Gasteiger partial charge is 0.491 e. The lowest BCUT2D eigenvalue weighted by atomic mass is 10.1. The van der Waals surface area contributed by atoms with Gasteiger partial charge in [0.05, 0.1) is 13.2 Å². The van der Waals surface area contributed by atoms with Crippen LogP contribution < -0.4 is 19.9 Å². The summed E-state index contributed by atoms with van der Waals surface area (Å²) in [5, 5.41) is 7.02. The van der Waals surface area contributed by atoms with Gasteiger partial charge in [-0.25, -0.2) is 14.5 Å². The van der Waals surface area contributed by atoms with E-state index in [1.807, 2.05) is 67.6 Å². The highest BCUT2D eigenvalue weighted by molar-refractivity contribution is 9.10. The fourth-order valence-electron chi connectivity index (χ4n) is 5.47. The van der Waals surface area contributed by atoms with Gasteiger partial charge in [0.2, 0.25) is 5.79 Å². The summed E-state index contributed by atoms with van der Waals surface area (Å²) in [6, 6.07) is 24.0. The number of nitrogens with one attached hydrogen (secondary N) is 1. The number of piperazine rings is 1. The van der Waals surface area contributed by atoms with Crippen LogP contribution in [0.5, 0.6) is 5.75 Å². The molecule has 12 heteroatoms. The fraction of sp³-hybridized carbons (Fsp3) is 0.364. The summed E-state index contributed by atoms with van der Waals surface area (Å²) in [5.41, 5.74) is 3.93. The summed E-state index contributed by atoms with van der Waals surface area (Å²) in [6.07, 6.45) is 3.29. The molecule has 45 heavy (non-hydrogen) atoms. The Morgan fingerprint density at radius 3 is 2.27 bits per heavy atom. The number of rotatable bonds is 11. The van der Waals surface area contributed by atoms with Gasteiger partial charge >= 0.3 is 6.09 Å². The van der Waals surface area contributed by atoms with E-state index in [0.29, 0.717) is 26.4 Å². The van der Waals surface area contributed by atoms with E-state index in [2.05, 4.69) is 53.3 Å². The number of carbonyl (C=O) groups excluding carboxylic acids is 1. The number of hydrogen-bond donors (Lipinski definition) is 1. The minimum absolute atomic E-state index is 0.246. The lowest BCUT2D eigenvalue weighted by Crippen LogP contribution is -2.46. The summed E-state index contributed by atoms with van der Waals surface area (Å²) in [4.78, 5) is 20.6. The van der Waals surface area contributed by atoms with E-state index in [0.717, 1.165) is 65.4 Å². The second kappa shape index (κ2) is 14.3. The van der Waals surface area contributed by atoms with Crippen molar-refractivity contribution in [2.75, 3.05) is 61.1 Å². The summed E-state index contributed by atoms with van der Waals surface area (Å²) in [5.74, 6) is -0.194. The van der Waals surface area contributed by atoms with Crippen LogP contribution in [0.1, 0.15) is 18.9 Å². The third kappa shape index (κ3) is 7.75. The molecule has 2 saturated heterocycles. The van der Waals surface area contributed by atoms with E-state index in [1.165, 1.54) is 6.33 Å². The van der Waals surface area contributed by atoms with Crippen LogP contribution in [0.3, 0.4) is 0 Å². The van der Waals surface area contributed by atoms with Gasteiger partial charge in [0.15, 0.2) is 0 Å². The third-order valence-electron chi connectivity index (χ3n) is 7.81. The highest BCUT2D eigenvalue weighted by Crippen LogP contribution is 2.37. The number of ether oxygens (including phenoxy) is 4. The van der Waals surface area contributed by atoms with Crippen LogP contribution in [0.2, 0.25) is 0 Å². The van der Waals surface area contributed by atoms with Crippen LogP contribution in [0, 0.1) is 0 Å². The lowest BCUT2D eigenvalue weighted by molar-refractivity contribution is -0.190. The van der Waals surface area contributed by atoms with E-state index in [-0.39, 0.29) is 6.10 Å². The van der Waals surface area contributed by atoms with E-state index >= 15 is 0 Å². The second-order valence-corrected chi connectivity index (χ2v) is 11.9. The van der Waals surface area contributed by atoms with Crippen molar-refractivity contribution in [3.8, 4) is 5.75 Å². The predicted molar refractivity (Wildman–Crippen MR) is 175 cm³/mol. The molecule has 2 aliphatic rings. The molecule has 0 radical (unpaired) electrons. The number of benzene rings is 3. The molecule has 236 valence electrons. The molecule has 3 aromatic carbocycles. The minimum atomic E-state index is -0.977. The Morgan fingerprint density at radius 2 is 1.64 bits per heavy atom. The monoisotopic (exact) mass is 676 g/mol. The van der Waals surface area contributed by atoms with Crippen LogP contribution in [0.25, 0.3) is 0 Å². The zero-order valence-corrected chi connectivity index (χ0v) is 26.8. The minimum Gasteiger partial charge on any atom is -0.491 e. The molecule has 0 saturated carbocycles. The molecule has 2 aliphatic heterocycles. The quantitative estimate of drug-likeness (QED) is 0.215. The van der Waals surface area contributed by atoms with Gasteiger partial charge in [-0.1, -0.05) is 35.0 Å². The molecular formula is C33H37BrN6O5. The molecule has 0 bridgehead atoms.